The molecule has 2 heterocycles. The molecule has 0 unspecified atom stereocenters. The molecular weight excluding hydrogens is 268 g/mol. The summed E-state index contributed by atoms with van der Waals surface area (Å²) in [5.41, 5.74) is 5.56. The molecule has 0 aliphatic carbocycles. The molecule has 3 N–H and O–H groups in total. The normalized spacial score (nSPS) is 17.5. The highest BCUT2D eigenvalue weighted by atomic mass is 32.2. The van der Waals surface area contributed by atoms with Crippen molar-refractivity contribution in [1.29, 1.82) is 0 Å². The van der Waals surface area contributed by atoms with Crippen molar-refractivity contribution < 1.29 is 13.2 Å². The molecule has 1 aliphatic rings. The molecule has 0 spiro atoms. The van der Waals surface area contributed by atoms with E-state index in [2.05, 4.69) is 14.6 Å². The van der Waals surface area contributed by atoms with Gasteiger partial charge in [0.1, 0.15) is 10.7 Å². The van der Waals surface area contributed by atoms with Crippen molar-refractivity contribution >= 4 is 15.8 Å². The van der Waals surface area contributed by atoms with E-state index < -0.39 is 10.0 Å². The van der Waals surface area contributed by atoms with Gasteiger partial charge in [0.15, 0.2) is 0 Å². The van der Waals surface area contributed by atoms with E-state index in [1.165, 1.54) is 12.3 Å². The van der Waals surface area contributed by atoms with Crippen LogP contribution < -0.4 is 10.5 Å². The van der Waals surface area contributed by atoms with Crippen LogP contribution in [0.25, 0.3) is 0 Å². The van der Waals surface area contributed by atoms with Crippen molar-refractivity contribution in [3.8, 4) is 0 Å². The van der Waals surface area contributed by atoms with Crippen LogP contribution in [0.2, 0.25) is 0 Å². The van der Waals surface area contributed by atoms with Gasteiger partial charge in [-0.3, -0.25) is 4.90 Å². The fourth-order valence-electron chi connectivity index (χ4n) is 1.87. The molecule has 0 amide bonds. The van der Waals surface area contributed by atoms with E-state index in [9.17, 15) is 8.42 Å². The lowest BCUT2D eigenvalue weighted by Crippen LogP contribution is -2.41. The van der Waals surface area contributed by atoms with Gasteiger partial charge < -0.3 is 10.5 Å². The monoisotopic (exact) mass is 286 g/mol. The lowest BCUT2D eigenvalue weighted by atomic mass is 10.4. The number of anilines is 1. The molecule has 19 heavy (non-hydrogen) atoms. The fraction of sp³-hybridized carbons (Fsp3) is 0.545. The Hall–Kier alpha value is -1.22. The summed E-state index contributed by atoms with van der Waals surface area (Å²) in [7, 11) is -3.59. The Balaban J connectivity index is 1.89. The SMILES string of the molecule is Nc1ncccc1S(=O)(=O)NCCN1CCOCC1. The summed E-state index contributed by atoms with van der Waals surface area (Å²) in [6.07, 6.45) is 1.46. The number of sulfonamides is 1. The summed E-state index contributed by atoms with van der Waals surface area (Å²) in [6, 6.07) is 2.99. The minimum absolute atomic E-state index is 0.0152. The van der Waals surface area contributed by atoms with Crippen molar-refractivity contribution in [3.63, 3.8) is 0 Å². The molecular formula is C11H18N4O3S. The second-order valence-electron chi connectivity index (χ2n) is 4.24. The summed E-state index contributed by atoms with van der Waals surface area (Å²) < 4.78 is 31.8. The third kappa shape index (κ3) is 3.87. The Kier molecular flexibility index (Phi) is 4.70. The number of nitrogens with one attached hydrogen (secondary N) is 1. The number of morpholine rings is 1. The van der Waals surface area contributed by atoms with E-state index in [1.807, 2.05) is 0 Å². The van der Waals surface area contributed by atoms with Gasteiger partial charge in [0.2, 0.25) is 10.0 Å². The number of nitrogen functional groups attached to an aromatic ring is 1. The average Bonchev–Trinajstić information content (AvgIpc) is 2.40. The smallest absolute Gasteiger partial charge is 0.244 e. The highest BCUT2D eigenvalue weighted by molar-refractivity contribution is 7.89. The first-order valence-corrected chi connectivity index (χ1v) is 7.58. The second-order valence-corrected chi connectivity index (χ2v) is 5.97. The summed E-state index contributed by atoms with van der Waals surface area (Å²) in [4.78, 5) is 5.95. The van der Waals surface area contributed by atoms with E-state index in [4.69, 9.17) is 10.5 Å². The molecule has 8 heteroatoms. The molecule has 2 rings (SSSR count). The molecule has 106 valence electrons. The van der Waals surface area contributed by atoms with Crippen molar-refractivity contribution in [1.82, 2.24) is 14.6 Å². The number of hydrogen-bond donors (Lipinski definition) is 2. The van der Waals surface area contributed by atoms with E-state index in [0.717, 1.165) is 13.1 Å². The Morgan fingerprint density at radius 1 is 1.42 bits per heavy atom. The van der Waals surface area contributed by atoms with Gasteiger partial charge in [0.05, 0.1) is 13.2 Å². The van der Waals surface area contributed by atoms with Gasteiger partial charge in [-0.25, -0.2) is 18.1 Å². The van der Waals surface area contributed by atoms with Crippen LogP contribution >= 0.6 is 0 Å². The largest absolute Gasteiger partial charge is 0.383 e. The molecule has 1 aromatic rings. The quantitative estimate of drug-likeness (QED) is 0.741. The zero-order chi connectivity index (χ0) is 13.7. The maximum Gasteiger partial charge on any atom is 0.244 e. The maximum absolute atomic E-state index is 12.0. The molecule has 7 nitrogen and oxygen atoms in total. The highest BCUT2D eigenvalue weighted by Crippen LogP contribution is 2.13. The van der Waals surface area contributed by atoms with Crippen LogP contribution in [0.4, 0.5) is 5.82 Å². The summed E-state index contributed by atoms with van der Waals surface area (Å²) in [5, 5.41) is 0. The zero-order valence-electron chi connectivity index (χ0n) is 10.6. The van der Waals surface area contributed by atoms with Gasteiger partial charge in [-0.1, -0.05) is 0 Å². The molecule has 1 saturated heterocycles. The van der Waals surface area contributed by atoms with Crippen LogP contribution in [-0.2, 0) is 14.8 Å². The minimum atomic E-state index is -3.59. The summed E-state index contributed by atoms with van der Waals surface area (Å²) >= 11 is 0. The number of rotatable bonds is 5. The van der Waals surface area contributed by atoms with Crippen molar-refractivity contribution in [2.75, 3.05) is 45.1 Å². The van der Waals surface area contributed by atoms with Gasteiger partial charge in [0.25, 0.3) is 0 Å². The Bertz CT molecular complexity index is 514. The minimum Gasteiger partial charge on any atom is -0.383 e. The standard InChI is InChI=1S/C11H18N4O3S/c12-11-10(2-1-3-13-11)19(16,17)14-4-5-15-6-8-18-9-7-15/h1-3,14H,4-9H2,(H2,12,13). The number of ether oxygens (including phenoxy) is 1. The maximum atomic E-state index is 12.0. The summed E-state index contributed by atoms with van der Waals surface area (Å²) in [5.74, 6) is 0.0152. The van der Waals surface area contributed by atoms with Gasteiger partial charge in [-0.15, -0.1) is 0 Å². The fourth-order valence-corrected chi connectivity index (χ4v) is 2.97. The van der Waals surface area contributed by atoms with Crippen molar-refractivity contribution in [2.45, 2.75) is 4.90 Å². The number of nitrogens with two attached hydrogens (primary N) is 1. The van der Waals surface area contributed by atoms with Crippen LogP contribution in [0.15, 0.2) is 23.2 Å². The van der Waals surface area contributed by atoms with Crippen LogP contribution in [-0.4, -0.2) is 57.7 Å². The van der Waals surface area contributed by atoms with Crippen LogP contribution in [0.1, 0.15) is 0 Å². The zero-order valence-corrected chi connectivity index (χ0v) is 11.4. The number of pyridine rings is 1. The van der Waals surface area contributed by atoms with Crippen LogP contribution in [0.5, 0.6) is 0 Å². The molecule has 0 atom stereocenters. The Labute approximate surface area is 112 Å². The molecule has 0 radical (unpaired) electrons. The third-order valence-electron chi connectivity index (χ3n) is 2.91. The lowest BCUT2D eigenvalue weighted by molar-refractivity contribution is 0.0390. The molecule has 0 bridgehead atoms. The van der Waals surface area contributed by atoms with Gasteiger partial charge in [-0.2, -0.15) is 0 Å². The highest BCUT2D eigenvalue weighted by Gasteiger charge is 2.18. The van der Waals surface area contributed by atoms with E-state index in [0.29, 0.717) is 26.3 Å². The van der Waals surface area contributed by atoms with E-state index in [-0.39, 0.29) is 10.7 Å². The van der Waals surface area contributed by atoms with Crippen LogP contribution in [0.3, 0.4) is 0 Å². The second kappa shape index (κ2) is 6.29. The Morgan fingerprint density at radius 3 is 2.84 bits per heavy atom. The third-order valence-corrected chi connectivity index (χ3v) is 4.42. The number of nitrogens with zero attached hydrogens (tertiary/aromatic N) is 2. The average molecular weight is 286 g/mol. The first-order chi connectivity index (χ1) is 9.09. The molecule has 1 aromatic heterocycles. The van der Waals surface area contributed by atoms with Gasteiger partial charge >= 0.3 is 0 Å². The number of hydrogen-bond acceptors (Lipinski definition) is 6. The first-order valence-electron chi connectivity index (χ1n) is 6.10. The van der Waals surface area contributed by atoms with Gasteiger partial charge in [-0.05, 0) is 12.1 Å². The molecule has 0 aromatic carbocycles. The topological polar surface area (TPSA) is 97.5 Å². The molecule has 0 saturated carbocycles. The Morgan fingerprint density at radius 2 is 2.16 bits per heavy atom. The van der Waals surface area contributed by atoms with Crippen LogP contribution in [0, 0.1) is 0 Å². The van der Waals surface area contributed by atoms with E-state index in [1.54, 1.807) is 6.07 Å². The summed E-state index contributed by atoms with van der Waals surface area (Å²) in [6.45, 7) is 4.05. The lowest BCUT2D eigenvalue weighted by Gasteiger charge is -2.26. The number of aromatic nitrogens is 1. The van der Waals surface area contributed by atoms with Gasteiger partial charge in [0, 0.05) is 32.4 Å². The predicted molar refractivity (Wildman–Crippen MR) is 71.1 cm³/mol. The molecule has 1 aliphatic heterocycles. The van der Waals surface area contributed by atoms with Crippen molar-refractivity contribution in [2.24, 2.45) is 0 Å². The van der Waals surface area contributed by atoms with E-state index >= 15 is 0 Å². The first kappa shape index (κ1) is 14.2. The van der Waals surface area contributed by atoms with Crippen molar-refractivity contribution in [3.05, 3.63) is 18.3 Å². The predicted octanol–water partition coefficient (Wildman–Crippen LogP) is -0.726. The molecule has 1 fully saturated rings.